The van der Waals surface area contributed by atoms with Crippen LogP contribution in [0, 0.1) is 12.7 Å². The lowest BCUT2D eigenvalue weighted by Gasteiger charge is -2.07. The van der Waals surface area contributed by atoms with Crippen molar-refractivity contribution in [3.8, 4) is 0 Å². The number of hydrogen-bond donors (Lipinski definition) is 1. The quantitative estimate of drug-likeness (QED) is 0.685. The summed E-state index contributed by atoms with van der Waals surface area (Å²) in [5.41, 5.74) is 7.88. The Kier molecular flexibility index (Phi) is 3.86. The molecule has 19 heavy (non-hydrogen) atoms. The number of anilines is 1. The summed E-state index contributed by atoms with van der Waals surface area (Å²) in [4.78, 5) is 12.1. The molecule has 0 amide bonds. The number of rotatable bonds is 3. The van der Waals surface area contributed by atoms with E-state index >= 15 is 0 Å². The first-order chi connectivity index (χ1) is 8.97. The number of Topliss-reactive ketones (excluding diaryl/α,β-unsaturated/α-hetero) is 1. The number of halogens is 2. The average molecular weight is 278 g/mol. The molecule has 98 valence electrons. The second-order valence-corrected chi connectivity index (χ2v) is 4.83. The van der Waals surface area contributed by atoms with Crippen molar-refractivity contribution < 1.29 is 9.18 Å². The Balaban J connectivity index is 2.28. The third kappa shape index (κ3) is 3.12. The van der Waals surface area contributed by atoms with Gasteiger partial charge in [0.15, 0.2) is 5.78 Å². The number of carbonyl (C=O) groups is 1. The predicted octanol–water partition coefficient (Wildman–Crippen LogP) is 3.80. The van der Waals surface area contributed by atoms with Crippen LogP contribution in [0.1, 0.15) is 21.5 Å². The Labute approximate surface area is 116 Å². The van der Waals surface area contributed by atoms with Crippen molar-refractivity contribution in [2.45, 2.75) is 13.3 Å². The summed E-state index contributed by atoms with van der Waals surface area (Å²) >= 11 is 6.07. The standard InChI is InChI=1S/C15H13ClFNO/c1-9-2-3-10(13(16)6-9)7-15(19)12-8-11(17)4-5-14(12)18/h2-6,8H,7,18H2,1H3. The molecule has 2 nitrogen and oxygen atoms in total. The van der Waals surface area contributed by atoms with Crippen LogP contribution in [-0.2, 0) is 6.42 Å². The highest BCUT2D eigenvalue weighted by Gasteiger charge is 2.13. The van der Waals surface area contributed by atoms with Crippen LogP contribution in [0.15, 0.2) is 36.4 Å². The van der Waals surface area contributed by atoms with Gasteiger partial charge in [0.2, 0.25) is 0 Å². The number of aryl methyl sites for hydroxylation is 1. The number of carbonyl (C=O) groups excluding carboxylic acids is 1. The van der Waals surface area contributed by atoms with Gasteiger partial charge in [-0.1, -0.05) is 23.7 Å². The van der Waals surface area contributed by atoms with Gasteiger partial charge in [0, 0.05) is 22.7 Å². The molecule has 0 atom stereocenters. The van der Waals surface area contributed by atoms with Crippen LogP contribution in [0.25, 0.3) is 0 Å². The van der Waals surface area contributed by atoms with Gasteiger partial charge in [-0.15, -0.1) is 0 Å². The van der Waals surface area contributed by atoms with E-state index in [1.807, 2.05) is 13.0 Å². The summed E-state index contributed by atoms with van der Waals surface area (Å²) in [5.74, 6) is -0.727. The molecule has 4 heteroatoms. The topological polar surface area (TPSA) is 43.1 Å². The van der Waals surface area contributed by atoms with Crippen molar-refractivity contribution in [2.24, 2.45) is 0 Å². The van der Waals surface area contributed by atoms with Gasteiger partial charge in [0.05, 0.1) is 0 Å². The van der Waals surface area contributed by atoms with Crippen LogP contribution in [0.4, 0.5) is 10.1 Å². The molecule has 0 radical (unpaired) electrons. The fourth-order valence-corrected chi connectivity index (χ4v) is 2.14. The van der Waals surface area contributed by atoms with Crippen LogP contribution in [-0.4, -0.2) is 5.78 Å². The van der Waals surface area contributed by atoms with E-state index in [4.69, 9.17) is 17.3 Å². The molecule has 0 spiro atoms. The summed E-state index contributed by atoms with van der Waals surface area (Å²) in [6, 6.07) is 9.23. The normalized spacial score (nSPS) is 10.5. The van der Waals surface area contributed by atoms with Crippen molar-refractivity contribution in [1.82, 2.24) is 0 Å². The minimum absolute atomic E-state index is 0.104. The van der Waals surface area contributed by atoms with E-state index in [2.05, 4.69) is 0 Å². The van der Waals surface area contributed by atoms with Crippen molar-refractivity contribution in [1.29, 1.82) is 0 Å². The number of nitrogens with two attached hydrogens (primary N) is 1. The predicted molar refractivity (Wildman–Crippen MR) is 75.0 cm³/mol. The number of nitrogen functional groups attached to an aromatic ring is 1. The molecule has 0 unspecified atom stereocenters. The molecule has 0 aliphatic heterocycles. The van der Waals surface area contributed by atoms with Crippen LogP contribution >= 0.6 is 11.6 Å². The zero-order chi connectivity index (χ0) is 14.0. The SMILES string of the molecule is Cc1ccc(CC(=O)c2cc(F)ccc2N)c(Cl)c1. The van der Waals surface area contributed by atoms with Crippen LogP contribution in [0.3, 0.4) is 0 Å². The molecule has 0 heterocycles. The first-order valence-corrected chi connectivity index (χ1v) is 6.18. The first-order valence-electron chi connectivity index (χ1n) is 5.80. The molecule has 0 saturated carbocycles. The Morgan fingerprint density at radius 1 is 1.26 bits per heavy atom. The van der Waals surface area contributed by atoms with E-state index in [0.29, 0.717) is 10.6 Å². The van der Waals surface area contributed by atoms with Crippen molar-refractivity contribution >= 4 is 23.1 Å². The number of hydrogen-bond acceptors (Lipinski definition) is 2. The van der Waals surface area contributed by atoms with Crippen molar-refractivity contribution in [2.75, 3.05) is 5.73 Å². The summed E-state index contributed by atoms with van der Waals surface area (Å²) in [7, 11) is 0. The Morgan fingerprint density at radius 2 is 2.00 bits per heavy atom. The summed E-state index contributed by atoms with van der Waals surface area (Å²) < 4.78 is 13.1. The molecular weight excluding hydrogens is 265 g/mol. The second-order valence-electron chi connectivity index (χ2n) is 4.43. The second kappa shape index (κ2) is 5.41. The van der Waals surface area contributed by atoms with E-state index in [0.717, 1.165) is 11.6 Å². The van der Waals surface area contributed by atoms with E-state index in [1.54, 1.807) is 12.1 Å². The van der Waals surface area contributed by atoms with E-state index in [9.17, 15) is 9.18 Å². The van der Waals surface area contributed by atoms with Gasteiger partial charge in [0.25, 0.3) is 0 Å². The lowest BCUT2D eigenvalue weighted by atomic mass is 10.0. The molecule has 2 rings (SSSR count). The van der Waals surface area contributed by atoms with Gasteiger partial charge in [-0.25, -0.2) is 4.39 Å². The highest BCUT2D eigenvalue weighted by atomic mass is 35.5. The monoisotopic (exact) mass is 277 g/mol. The summed E-state index contributed by atoms with van der Waals surface area (Å²) in [6.07, 6.45) is 0.104. The summed E-state index contributed by atoms with van der Waals surface area (Å²) in [6.45, 7) is 1.92. The number of benzene rings is 2. The van der Waals surface area contributed by atoms with E-state index in [1.165, 1.54) is 12.1 Å². The molecule has 2 N–H and O–H groups in total. The molecule has 0 saturated heterocycles. The average Bonchev–Trinajstić information content (AvgIpc) is 2.35. The molecule has 0 aliphatic carbocycles. The first kappa shape index (κ1) is 13.6. The lowest BCUT2D eigenvalue weighted by Crippen LogP contribution is -2.08. The maximum Gasteiger partial charge on any atom is 0.169 e. The molecule has 0 fully saturated rings. The van der Waals surface area contributed by atoms with Gasteiger partial charge in [0.1, 0.15) is 5.82 Å². The zero-order valence-electron chi connectivity index (χ0n) is 10.4. The molecular formula is C15H13ClFNO. The van der Waals surface area contributed by atoms with Crippen molar-refractivity contribution in [3.05, 3.63) is 63.9 Å². The molecule has 0 aliphatic rings. The van der Waals surface area contributed by atoms with Crippen LogP contribution in [0.2, 0.25) is 5.02 Å². The van der Waals surface area contributed by atoms with Crippen LogP contribution < -0.4 is 5.73 Å². The minimum Gasteiger partial charge on any atom is -0.398 e. The van der Waals surface area contributed by atoms with E-state index < -0.39 is 5.82 Å². The molecule has 0 aromatic heterocycles. The largest absolute Gasteiger partial charge is 0.398 e. The number of ketones is 1. The highest BCUT2D eigenvalue weighted by molar-refractivity contribution is 6.31. The van der Waals surface area contributed by atoms with E-state index in [-0.39, 0.29) is 23.5 Å². The van der Waals surface area contributed by atoms with Gasteiger partial charge >= 0.3 is 0 Å². The maximum atomic E-state index is 13.1. The van der Waals surface area contributed by atoms with Gasteiger partial charge in [-0.05, 0) is 42.3 Å². The fraction of sp³-hybridized carbons (Fsp3) is 0.133. The Bertz CT molecular complexity index is 640. The third-order valence-corrected chi connectivity index (χ3v) is 3.23. The molecule has 0 bridgehead atoms. The molecule has 2 aromatic rings. The van der Waals surface area contributed by atoms with Crippen molar-refractivity contribution in [3.63, 3.8) is 0 Å². The lowest BCUT2D eigenvalue weighted by molar-refractivity contribution is 0.0993. The van der Waals surface area contributed by atoms with Gasteiger partial charge < -0.3 is 5.73 Å². The Morgan fingerprint density at radius 3 is 2.68 bits per heavy atom. The smallest absolute Gasteiger partial charge is 0.169 e. The minimum atomic E-state index is -0.479. The third-order valence-electron chi connectivity index (χ3n) is 2.88. The maximum absolute atomic E-state index is 13.1. The van der Waals surface area contributed by atoms with Gasteiger partial charge in [-0.3, -0.25) is 4.79 Å². The van der Waals surface area contributed by atoms with Gasteiger partial charge in [-0.2, -0.15) is 0 Å². The highest BCUT2D eigenvalue weighted by Crippen LogP contribution is 2.21. The van der Waals surface area contributed by atoms with Crippen LogP contribution in [0.5, 0.6) is 0 Å². The summed E-state index contributed by atoms with van der Waals surface area (Å²) in [5, 5.41) is 0.531. The fourth-order valence-electron chi connectivity index (χ4n) is 1.83. The molecule has 2 aromatic carbocycles. The zero-order valence-corrected chi connectivity index (χ0v) is 11.2. The Hall–Kier alpha value is -1.87.